The van der Waals surface area contributed by atoms with E-state index in [1.165, 1.54) is 6.07 Å². The van der Waals surface area contributed by atoms with Crippen molar-refractivity contribution in [2.75, 3.05) is 6.54 Å². The summed E-state index contributed by atoms with van der Waals surface area (Å²) in [5.41, 5.74) is 5.83. The highest BCUT2D eigenvalue weighted by atomic mass is 19.1. The van der Waals surface area contributed by atoms with Gasteiger partial charge < -0.3 is 10.8 Å². The zero-order chi connectivity index (χ0) is 10.4. The van der Waals surface area contributed by atoms with Gasteiger partial charge in [-0.05, 0) is 6.07 Å². The second-order valence-corrected chi connectivity index (χ2v) is 2.78. The van der Waals surface area contributed by atoms with E-state index >= 15 is 0 Å². The Hall–Kier alpha value is -1.37. The van der Waals surface area contributed by atoms with Crippen LogP contribution in [0.15, 0.2) is 18.2 Å². The van der Waals surface area contributed by atoms with Crippen molar-refractivity contribution in [1.29, 1.82) is 0 Å². The Labute approximate surface area is 82.6 Å². The molecule has 0 fully saturated rings. The van der Waals surface area contributed by atoms with Crippen LogP contribution in [0.25, 0.3) is 0 Å². The van der Waals surface area contributed by atoms with E-state index in [0.29, 0.717) is 18.5 Å². The summed E-state index contributed by atoms with van der Waals surface area (Å²) in [5, 5.41) is 8.81. The summed E-state index contributed by atoms with van der Waals surface area (Å²) in [4.78, 5) is 0. The molecule has 3 heteroatoms. The van der Waals surface area contributed by atoms with Crippen LogP contribution in [0.4, 0.5) is 4.39 Å². The third kappa shape index (κ3) is 2.56. The first-order valence-electron chi connectivity index (χ1n) is 4.36. The van der Waals surface area contributed by atoms with Gasteiger partial charge in [0.1, 0.15) is 5.82 Å². The third-order valence-corrected chi connectivity index (χ3v) is 1.74. The maximum atomic E-state index is 13.4. The number of aliphatic hydroxyl groups is 1. The minimum Gasteiger partial charge on any atom is -0.392 e. The monoisotopic (exact) mass is 193 g/mol. The summed E-state index contributed by atoms with van der Waals surface area (Å²) in [6.07, 6.45) is 0.544. The summed E-state index contributed by atoms with van der Waals surface area (Å²) < 4.78 is 13.4. The molecule has 0 saturated heterocycles. The molecule has 0 aliphatic rings. The number of nitrogens with two attached hydrogens (primary N) is 1. The molecule has 14 heavy (non-hydrogen) atoms. The van der Waals surface area contributed by atoms with E-state index in [1.54, 1.807) is 12.1 Å². The molecule has 3 N–H and O–H groups in total. The average Bonchev–Trinajstić information content (AvgIpc) is 2.21. The predicted molar refractivity (Wildman–Crippen MR) is 52.9 cm³/mol. The van der Waals surface area contributed by atoms with Gasteiger partial charge in [-0.15, -0.1) is 0 Å². The molecule has 0 saturated carbocycles. The second kappa shape index (κ2) is 5.38. The van der Waals surface area contributed by atoms with Crippen molar-refractivity contribution in [2.45, 2.75) is 13.0 Å². The SMILES string of the molecule is NCCC#Cc1cccc(CO)c1F. The van der Waals surface area contributed by atoms with Gasteiger partial charge in [0.2, 0.25) is 0 Å². The lowest BCUT2D eigenvalue weighted by Crippen LogP contribution is -1.96. The van der Waals surface area contributed by atoms with Crippen LogP contribution < -0.4 is 5.73 Å². The minimum absolute atomic E-state index is 0.268. The normalized spacial score (nSPS) is 9.36. The molecule has 0 amide bonds. The number of benzene rings is 1. The van der Waals surface area contributed by atoms with Crippen molar-refractivity contribution in [2.24, 2.45) is 5.73 Å². The fraction of sp³-hybridized carbons (Fsp3) is 0.273. The van der Waals surface area contributed by atoms with Gasteiger partial charge in [-0.1, -0.05) is 24.0 Å². The summed E-state index contributed by atoms with van der Waals surface area (Å²) in [5.74, 6) is 4.97. The first-order chi connectivity index (χ1) is 6.79. The van der Waals surface area contributed by atoms with Crippen LogP contribution in [0.2, 0.25) is 0 Å². The highest BCUT2D eigenvalue weighted by Gasteiger charge is 2.03. The summed E-state index contributed by atoms with van der Waals surface area (Å²) in [6.45, 7) is 0.159. The van der Waals surface area contributed by atoms with Crippen LogP contribution in [-0.4, -0.2) is 11.7 Å². The topological polar surface area (TPSA) is 46.2 Å². The number of halogens is 1. The second-order valence-electron chi connectivity index (χ2n) is 2.78. The maximum absolute atomic E-state index is 13.4. The zero-order valence-corrected chi connectivity index (χ0v) is 7.76. The molecule has 0 bridgehead atoms. The first-order valence-corrected chi connectivity index (χ1v) is 4.36. The van der Waals surface area contributed by atoms with Gasteiger partial charge in [0.05, 0.1) is 12.2 Å². The minimum atomic E-state index is -0.445. The molecular formula is C11H12FNO. The van der Waals surface area contributed by atoms with Gasteiger partial charge in [0.25, 0.3) is 0 Å². The zero-order valence-electron chi connectivity index (χ0n) is 7.76. The number of rotatable bonds is 2. The van der Waals surface area contributed by atoms with E-state index in [4.69, 9.17) is 10.8 Å². The summed E-state index contributed by atoms with van der Waals surface area (Å²) >= 11 is 0. The van der Waals surface area contributed by atoms with Gasteiger partial charge >= 0.3 is 0 Å². The maximum Gasteiger partial charge on any atom is 0.144 e. The van der Waals surface area contributed by atoms with Crippen molar-refractivity contribution >= 4 is 0 Å². The summed E-state index contributed by atoms with van der Waals surface area (Å²) in [6, 6.07) is 4.78. The average molecular weight is 193 g/mol. The Morgan fingerprint density at radius 3 is 2.86 bits per heavy atom. The molecule has 0 aliphatic carbocycles. The van der Waals surface area contributed by atoms with Gasteiger partial charge in [-0.2, -0.15) is 0 Å². The first kappa shape index (κ1) is 10.7. The van der Waals surface area contributed by atoms with Gasteiger partial charge in [0.15, 0.2) is 0 Å². The fourth-order valence-corrected chi connectivity index (χ4v) is 1.03. The molecule has 0 heterocycles. The number of hydrogen-bond acceptors (Lipinski definition) is 2. The fourth-order valence-electron chi connectivity index (χ4n) is 1.03. The molecule has 1 aromatic rings. The predicted octanol–water partition coefficient (Wildman–Crippen LogP) is 1.02. The largest absolute Gasteiger partial charge is 0.392 e. The lowest BCUT2D eigenvalue weighted by Gasteiger charge is -1.99. The van der Waals surface area contributed by atoms with Crippen molar-refractivity contribution in [1.82, 2.24) is 0 Å². The van der Waals surface area contributed by atoms with Crippen LogP contribution in [0.3, 0.4) is 0 Å². The van der Waals surface area contributed by atoms with Crippen LogP contribution in [0.5, 0.6) is 0 Å². The molecule has 74 valence electrons. The number of aliphatic hydroxyl groups excluding tert-OH is 1. The van der Waals surface area contributed by atoms with E-state index < -0.39 is 5.82 Å². The van der Waals surface area contributed by atoms with Gasteiger partial charge in [-0.3, -0.25) is 0 Å². The lowest BCUT2D eigenvalue weighted by molar-refractivity contribution is 0.275. The van der Waals surface area contributed by atoms with Gasteiger partial charge in [-0.25, -0.2) is 4.39 Å². The lowest BCUT2D eigenvalue weighted by atomic mass is 10.1. The molecule has 0 unspecified atom stereocenters. The van der Waals surface area contributed by atoms with E-state index in [2.05, 4.69) is 11.8 Å². The van der Waals surface area contributed by atoms with E-state index in [9.17, 15) is 4.39 Å². The number of hydrogen-bond donors (Lipinski definition) is 2. The Morgan fingerprint density at radius 1 is 1.43 bits per heavy atom. The van der Waals surface area contributed by atoms with Crippen LogP contribution >= 0.6 is 0 Å². The van der Waals surface area contributed by atoms with Crippen LogP contribution in [0, 0.1) is 17.7 Å². The van der Waals surface area contributed by atoms with E-state index in [1.807, 2.05) is 0 Å². The molecule has 0 aromatic heterocycles. The third-order valence-electron chi connectivity index (χ3n) is 1.74. The van der Waals surface area contributed by atoms with Crippen molar-refractivity contribution < 1.29 is 9.50 Å². The molecule has 0 atom stereocenters. The van der Waals surface area contributed by atoms with Gasteiger partial charge in [0, 0.05) is 18.5 Å². The van der Waals surface area contributed by atoms with Crippen LogP contribution in [-0.2, 0) is 6.61 Å². The quantitative estimate of drug-likeness (QED) is 0.689. The van der Waals surface area contributed by atoms with Crippen LogP contribution in [0.1, 0.15) is 17.5 Å². The summed E-state index contributed by atoms with van der Waals surface area (Å²) in [7, 11) is 0. The standard InChI is InChI=1S/C11H12FNO/c12-11-9(4-1-2-7-13)5-3-6-10(11)8-14/h3,5-6,14H,2,7-8,13H2. The van der Waals surface area contributed by atoms with Crippen molar-refractivity contribution in [3.05, 3.63) is 35.1 Å². The van der Waals surface area contributed by atoms with E-state index in [0.717, 1.165) is 0 Å². The highest BCUT2D eigenvalue weighted by Crippen LogP contribution is 2.11. The Bertz CT molecular complexity index is 365. The highest BCUT2D eigenvalue weighted by molar-refractivity contribution is 5.38. The molecular weight excluding hydrogens is 181 g/mol. The van der Waals surface area contributed by atoms with Crippen molar-refractivity contribution in [3.63, 3.8) is 0 Å². The Morgan fingerprint density at radius 2 is 2.21 bits per heavy atom. The Kier molecular flexibility index (Phi) is 4.11. The molecule has 2 nitrogen and oxygen atoms in total. The molecule has 0 aliphatic heterocycles. The molecule has 0 spiro atoms. The van der Waals surface area contributed by atoms with Crippen molar-refractivity contribution in [3.8, 4) is 11.8 Å². The molecule has 1 rings (SSSR count). The molecule has 0 radical (unpaired) electrons. The molecule has 1 aromatic carbocycles. The Balaban J connectivity index is 2.94. The smallest absolute Gasteiger partial charge is 0.144 e. The van der Waals surface area contributed by atoms with E-state index in [-0.39, 0.29) is 12.2 Å².